The molecule has 30 heavy (non-hydrogen) atoms. The minimum absolute atomic E-state index is 0.148. The molecule has 0 amide bonds. The van der Waals surface area contributed by atoms with Crippen LogP contribution in [0.5, 0.6) is 0 Å². The molecule has 0 fully saturated rings. The molecule has 0 radical (unpaired) electrons. The molecule has 0 bridgehead atoms. The Morgan fingerprint density at radius 2 is 1.63 bits per heavy atom. The van der Waals surface area contributed by atoms with Gasteiger partial charge in [-0.1, -0.05) is 67.6 Å². The fraction of sp³-hybridized carbons (Fsp3) is 0.167. The first-order valence-electron chi connectivity index (χ1n) is 9.63. The van der Waals surface area contributed by atoms with Crippen LogP contribution in [0, 0.1) is 0 Å². The van der Waals surface area contributed by atoms with E-state index in [1.54, 1.807) is 6.92 Å². The van der Waals surface area contributed by atoms with Gasteiger partial charge in [-0.2, -0.15) is 10.2 Å². The van der Waals surface area contributed by atoms with Gasteiger partial charge in [0.1, 0.15) is 0 Å². The van der Waals surface area contributed by atoms with Gasteiger partial charge in [0.15, 0.2) is 0 Å². The van der Waals surface area contributed by atoms with Crippen LogP contribution >= 0.6 is 0 Å². The van der Waals surface area contributed by atoms with Crippen LogP contribution in [-0.4, -0.2) is 29.5 Å². The summed E-state index contributed by atoms with van der Waals surface area (Å²) in [4.78, 5) is 27.5. The molecule has 0 aliphatic heterocycles. The van der Waals surface area contributed by atoms with Gasteiger partial charge in [0.05, 0.1) is 29.8 Å². The van der Waals surface area contributed by atoms with Crippen molar-refractivity contribution in [3.05, 3.63) is 93.8 Å². The molecule has 1 N–H and O–H groups in total. The Kier molecular flexibility index (Phi) is 6.70. The number of rotatable bonds is 6. The van der Waals surface area contributed by atoms with Crippen molar-refractivity contribution in [3.63, 3.8) is 0 Å². The first-order chi connectivity index (χ1) is 14.5. The monoisotopic (exact) mass is 401 g/mol. The third-order valence-electron chi connectivity index (χ3n) is 4.64. The summed E-state index contributed by atoms with van der Waals surface area (Å²) in [5.41, 5.74) is 3.79. The Hall–Kier alpha value is -3.80. The van der Waals surface area contributed by atoms with Gasteiger partial charge in [0, 0.05) is 11.6 Å². The maximum Gasteiger partial charge on any atom is 0.338 e. The number of esters is 1. The van der Waals surface area contributed by atoms with E-state index in [4.69, 9.17) is 4.74 Å². The van der Waals surface area contributed by atoms with Crippen molar-refractivity contribution in [2.24, 2.45) is 10.2 Å². The zero-order valence-corrected chi connectivity index (χ0v) is 17.2. The molecule has 152 valence electrons. The maximum absolute atomic E-state index is 12.4. The highest BCUT2D eigenvalue weighted by Crippen LogP contribution is 2.24. The number of hydrogen-bond donors (Lipinski definition) is 1. The summed E-state index contributed by atoms with van der Waals surface area (Å²) in [6.07, 6.45) is 0.696. The Morgan fingerprint density at radius 3 is 2.23 bits per heavy atom. The second kappa shape index (κ2) is 9.60. The standard InChI is InChI=1S/C24H23N3O3/c1-4-20(17-11-7-5-8-12-17)27-26-16(2)22-19(24(29)30-3)15-21(28)25-23(22)18-13-9-6-10-14-18/h5-15H,4H2,1-3H3,(H,25,28)/b26-16-,27-20-. The zero-order chi connectivity index (χ0) is 21.5. The average Bonchev–Trinajstić information content (AvgIpc) is 2.79. The van der Waals surface area contributed by atoms with E-state index in [9.17, 15) is 9.59 Å². The number of methoxy groups -OCH3 is 1. The summed E-state index contributed by atoms with van der Waals surface area (Å²) in [7, 11) is 1.28. The Balaban J connectivity index is 2.20. The van der Waals surface area contributed by atoms with Gasteiger partial charge < -0.3 is 9.72 Å². The number of benzene rings is 2. The van der Waals surface area contributed by atoms with Gasteiger partial charge in [0.2, 0.25) is 5.56 Å². The molecule has 0 aliphatic carbocycles. The lowest BCUT2D eigenvalue weighted by molar-refractivity contribution is 0.0600. The van der Waals surface area contributed by atoms with E-state index in [2.05, 4.69) is 15.2 Å². The van der Waals surface area contributed by atoms with Crippen LogP contribution in [0.4, 0.5) is 0 Å². The summed E-state index contributed by atoms with van der Waals surface area (Å²) in [6, 6.07) is 20.3. The number of ether oxygens (including phenoxy) is 1. The number of hydrogen-bond acceptors (Lipinski definition) is 5. The van der Waals surface area contributed by atoms with E-state index < -0.39 is 11.5 Å². The topological polar surface area (TPSA) is 83.9 Å². The Labute approximate surface area is 175 Å². The lowest BCUT2D eigenvalue weighted by Crippen LogP contribution is -2.18. The summed E-state index contributed by atoms with van der Waals surface area (Å²) < 4.78 is 4.91. The molecule has 1 heterocycles. The first kappa shape index (κ1) is 20.9. The van der Waals surface area contributed by atoms with Crippen LogP contribution in [-0.2, 0) is 4.74 Å². The van der Waals surface area contributed by atoms with Crippen molar-refractivity contribution in [1.82, 2.24) is 4.98 Å². The van der Waals surface area contributed by atoms with Gasteiger partial charge in [-0.25, -0.2) is 4.79 Å². The Morgan fingerprint density at radius 1 is 1.00 bits per heavy atom. The minimum Gasteiger partial charge on any atom is -0.465 e. The smallest absolute Gasteiger partial charge is 0.338 e. The van der Waals surface area contributed by atoms with Gasteiger partial charge in [-0.05, 0) is 24.5 Å². The van der Waals surface area contributed by atoms with Crippen LogP contribution in [0.2, 0.25) is 0 Å². The van der Waals surface area contributed by atoms with E-state index in [1.165, 1.54) is 13.2 Å². The van der Waals surface area contributed by atoms with Crippen molar-refractivity contribution < 1.29 is 9.53 Å². The Bertz CT molecular complexity index is 1150. The average molecular weight is 401 g/mol. The molecular weight excluding hydrogens is 378 g/mol. The predicted molar refractivity (Wildman–Crippen MR) is 119 cm³/mol. The van der Waals surface area contributed by atoms with E-state index in [0.717, 1.165) is 16.8 Å². The molecule has 0 aliphatic rings. The van der Waals surface area contributed by atoms with Crippen LogP contribution in [0.15, 0.2) is 81.7 Å². The third-order valence-corrected chi connectivity index (χ3v) is 4.64. The number of H-pyrrole nitrogens is 1. The summed E-state index contributed by atoms with van der Waals surface area (Å²) >= 11 is 0. The molecule has 3 aromatic rings. The first-order valence-corrected chi connectivity index (χ1v) is 9.63. The second-order valence-electron chi connectivity index (χ2n) is 6.61. The second-order valence-corrected chi connectivity index (χ2v) is 6.61. The lowest BCUT2D eigenvalue weighted by Gasteiger charge is -2.13. The number of nitrogens with zero attached hydrogens (tertiary/aromatic N) is 2. The summed E-state index contributed by atoms with van der Waals surface area (Å²) in [6.45, 7) is 3.76. The molecule has 0 atom stereocenters. The molecule has 6 nitrogen and oxygen atoms in total. The minimum atomic E-state index is -0.606. The number of carbonyl (C=O) groups excluding carboxylic acids is 1. The van der Waals surface area contributed by atoms with Crippen molar-refractivity contribution >= 4 is 17.4 Å². The quantitative estimate of drug-likeness (QED) is 0.376. The predicted octanol–water partition coefficient (Wildman–Crippen LogP) is 4.45. The molecule has 0 saturated heterocycles. The molecule has 6 heteroatoms. The highest BCUT2D eigenvalue weighted by molar-refractivity contribution is 6.12. The third kappa shape index (κ3) is 4.60. The number of carbonyl (C=O) groups is 1. The van der Waals surface area contributed by atoms with E-state index in [1.807, 2.05) is 67.6 Å². The van der Waals surface area contributed by atoms with Gasteiger partial charge in [-0.15, -0.1) is 0 Å². The van der Waals surface area contributed by atoms with Crippen LogP contribution in [0.25, 0.3) is 11.3 Å². The SMILES string of the molecule is CC/C(=N/N=C(/C)c1c(C(=O)OC)cc(=O)[nH]c1-c1ccccc1)c1ccccc1. The van der Waals surface area contributed by atoms with Crippen molar-refractivity contribution in [2.75, 3.05) is 7.11 Å². The maximum atomic E-state index is 12.4. The molecule has 3 rings (SSSR count). The van der Waals surface area contributed by atoms with Gasteiger partial charge in [0.25, 0.3) is 0 Å². The van der Waals surface area contributed by atoms with Crippen molar-refractivity contribution in [1.29, 1.82) is 0 Å². The van der Waals surface area contributed by atoms with E-state index >= 15 is 0 Å². The van der Waals surface area contributed by atoms with Crippen molar-refractivity contribution in [3.8, 4) is 11.3 Å². The molecule has 1 aromatic heterocycles. The number of pyridine rings is 1. The zero-order valence-electron chi connectivity index (χ0n) is 17.2. The fourth-order valence-electron chi connectivity index (χ4n) is 3.18. The largest absolute Gasteiger partial charge is 0.465 e. The van der Waals surface area contributed by atoms with E-state index in [0.29, 0.717) is 23.4 Å². The van der Waals surface area contributed by atoms with Gasteiger partial charge in [-0.3, -0.25) is 4.79 Å². The van der Waals surface area contributed by atoms with E-state index in [-0.39, 0.29) is 5.56 Å². The molecule has 0 unspecified atom stereocenters. The summed E-state index contributed by atoms with van der Waals surface area (Å²) in [5, 5.41) is 8.84. The lowest BCUT2D eigenvalue weighted by atomic mass is 9.97. The number of aromatic nitrogens is 1. The fourth-order valence-corrected chi connectivity index (χ4v) is 3.18. The number of nitrogens with one attached hydrogen (secondary N) is 1. The normalized spacial score (nSPS) is 12.0. The molecule has 0 saturated carbocycles. The van der Waals surface area contributed by atoms with Crippen molar-refractivity contribution in [2.45, 2.75) is 20.3 Å². The van der Waals surface area contributed by atoms with Crippen LogP contribution < -0.4 is 5.56 Å². The van der Waals surface area contributed by atoms with Crippen LogP contribution in [0.3, 0.4) is 0 Å². The van der Waals surface area contributed by atoms with Crippen LogP contribution in [0.1, 0.15) is 41.8 Å². The highest BCUT2D eigenvalue weighted by atomic mass is 16.5. The molecule has 2 aromatic carbocycles. The molecular formula is C24H23N3O3. The molecule has 0 spiro atoms. The van der Waals surface area contributed by atoms with Gasteiger partial charge >= 0.3 is 5.97 Å². The summed E-state index contributed by atoms with van der Waals surface area (Å²) in [5.74, 6) is -0.606. The highest BCUT2D eigenvalue weighted by Gasteiger charge is 2.21. The number of aromatic amines is 1.